The Hall–Kier alpha value is -2.32. The van der Waals surface area contributed by atoms with Gasteiger partial charge in [0.15, 0.2) is 0 Å². The molecule has 0 saturated heterocycles. The van der Waals surface area contributed by atoms with Gasteiger partial charge in [-0.3, -0.25) is 9.59 Å². The van der Waals surface area contributed by atoms with Gasteiger partial charge in [-0.1, -0.05) is 24.0 Å². The van der Waals surface area contributed by atoms with Crippen molar-refractivity contribution in [3.05, 3.63) is 35.4 Å². The molecule has 0 fully saturated rings. The molecular weight excluding hydrogens is 256 g/mol. The lowest BCUT2D eigenvalue weighted by Crippen LogP contribution is -2.39. The molecule has 0 aliphatic rings. The Labute approximate surface area is 118 Å². The molecule has 0 saturated carbocycles. The number of nitrogens with one attached hydrogen (secondary N) is 2. The molecule has 0 aliphatic carbocycles. The van der Waals surface area contributed by atoms with E-state index >= 15 is 0 Å². The highest BCUT2D eigenvalue weighted by Crippen LogP contribution is 2.06. The number of carbonyl (C=O) groups is 2. The van der Waals surface area contributed by atoms with Crippen molar-refractivity contribution in [2.75, 3.05) is 13.2 Å². The van der Waals surface area contributed by atoms with Gasteiger partial charge in [0, 0.05) is 11.6 Å². The van der Waals surface area contributed by atoms with E-state index in [1.165, 1.54) is 0 Å². The summed E-state index contributed by atoms with van der Waals surface area (Å²) in [4.78, 5) is 23.5. The van der Waals surface area contributed by atoms with Gasteiger partial charge in [0.25, 0.3) is 5.91 Å². The zero-order chi connectivity index (χ0) is 15.0. The number of amides is 2. The standard InChI is InChI=1S/C15H18N2O3/c1-11(2)17-14(19)10-16-15(20)13-8-4-3-6-12(13)7-5-9-18/h3-4,6,8,11,18H,9-10H2,1-2H3,(H,16,20)(H,17,19). The second kappa shape index (κ2) is 7.97. The molecule has 1 aromatic rings. The smallest absolute Gasteiger partial charge is 0.252 e. The fourth-order valence-electron chi connectivity index (χ4n) is 1.55. The molecule has 0 aliphatic heterocycles. The van der Waals surface area contributed by atoms with Crippen molar-refractivity contribution in [3.63, 3.8) is 0 Å². The lowest BCUT2D eigenvalue weighted by Gasteiger charge is -2.10. The summed E-state index contributed by atoms with van der Waals surface area (Å²) in [5.74, 6) is 4.59. The molecule has 5 nitrogen and oxygen atoms in total. The van der Waals surface area contributed by atoms with E-state index in [1.54, 1.807) is 24.3 Å². The molecule has 0 bridgehead atoms. The first kappa shape index (κ1) is 15.7. The molecule has 0 spiro atoms. The SMILES string of the molecule is CC(C)NC(=O)CNC(=O)c1ccccc1C#CCO. The number of aliphatic hydroxyl groups is 1. The van der Waals surface area contributed by atoms with E-state index in [-0.39, 0.29) is 31.0 Å². The summed E-state index contributed by atoms with van der Waals surface area (Å²) < 4.78 is 0. The molecule has 1 aromatic carbocycles. The van der Waals surface area contributed by atoms with Crippen LogP contribution in [-0.4, -0.2) is 36.1 Å². The quantitative estimate of drug-likeness (QED) is 0.690. The number of carbonyl (C=O) groups excluding carboxylic acids is 2. The van der Waals surface area contributed by atoms with Gasteiger partial charge in [-0.05, 0) is 26.0 Å². The lowest BCUT2D eigenvalue weighted by atomic mass is 10.1. The van der Waals surface area contributed by atoms with E-state index < -0.39 is 0 Å². The molecule has 0 radical (unpaired) electrons. The van der Waals surface area contributed by atoms with E-state index in [2.05, 4.69) is 22.5 Å². The van der Waals surface area contributed by atoms with Crippen molar-refractivity contribution in [2.24, 2.45) is 0 Å². The third kappa shape index (κ3) is 5.12. The van der Waals surface area contributed by atoms with Gasteiger partial charge >= 0.3 is 0 Å². The van der Waals surface area contributed by atoms with Gasteiger partial charge in [-0.2, -0.15) is 0 Å². The van der Waals surface area contributed by atoms with Crippen molar-refractivity contribution in [1.82, 2.24) is 10.6 Å². The first-order valence-electron chi connectivity index (χ1n) is 6.31. The topological polar surface area (TPSA) is 78.4 Å². The Morgan fingerprint density at radius 1 is 1.30 bits per heavy atom. The first-order valence-corrected chi connectivity index (χ1v) is 6.31. The Morgan fingerprint density at radius 3 is 2.65 bits per heavy atom. The van der Waals surface area contributed by atoms with Crippen LogP contribution >= 0.6 is 0 Å². The van der Waals surface area contributed by atoms with Crippen LogP contribution in [0.15, 0.2) is 24.3 Å². The van der Waals surface area contributed by atoms with E-state index in [4.69, 9.17) is 5.11 Å². The third-order valence-corrected chi connectivity index (χ3v) is 2.33. The van der Waals surface area contributed by atoms with Gasteiger partial charge in [0.2, 0.25) is 5.91 Å². The normalized spacial score (nSPS) is 9.60. The molecule has 1 rings (SSSR count). The van der Waals surface area contributed by atoms with Crippen molar-refractivity contribution >= 4 is 11.8 Å². The minimum Gasteiger partial charge on any atom is -0.384 e. The van der Waals surface area contributed by atoms with E-state index in [0.717, 1.165) is 0 Å². The number of hydrogen-bond acceptors (Lipinski definition) is 3. The molecule has 0 heterocycles. The molecule has 0 atom stereocenters. The summed E-state index contributed by atoms with van der Waals surface area (Å²) in [6.07, 6.45) is 0. The lowest BCUT2D eigenvalue weighted by molar-refractivity contribution is -0.120. The number of benzene rings is 1. The predicted octanol–water partition coefficient (Wildman–Crippen LogP) is 0.285. The highest BCUT2D eigenvalue weighted by atomic mass is 16.2. The molecule has 5 heteroatoms. The van der Waals surface area contributed by atoms with Crippen LogP contribution in [-0.2, 0) is 4.79 Å². The molecule has 0 aromatic heterocycles. The molecule has 106 valence electrons. The summed E-state index contributed by atoms with van der Waals surface area (Å²) in [5.41, 5.74) is 0.897. The monoisotopic (exact) mass is 274 g/mol. The fraction of sp³-hybridized carbons (Fsp3) is 0.333. The second-order valence-corrected chi connectivity index (χ2v) is 4.41. The summed E-state index contributed by atoms with van der Waals surface area (Å²) in [7, 11) is 0. The largest absolute Gasteiger partial charge is 0.384 e. The van der Waals surface area contributed by atoms with Crippen LogP contribution < -0.4 is 10.6 Å². The van der Waals surface area contributed by atoms with Gasteiger partial charge in [-0.15, -0.1) is 0 Å². The predicted molar refractivity (Wildman–Crippen MR) is 76.0 cm³/mol. The molecule has 2 amide bonds. The third-order valence-electron chi connectivity index (χ3n) is 2.33. The maximum absolute atomic E-state index is 12.0. The Bertz CT molecular complexity index is 542. The molecular formula is C15H18N2O3. The summed E-state index contributed by atoms with van der Waals surface area (Å²) in [6, 6.07) is 6.81. The van der Waals surface area contributed by atoms with Crippen molar-refractivity contribution in [2.45, 2.75) is 19.9 Å². The van der Waals surface area contributed by atoms with Crippen molar-refractivity contribution < 1.29 is 14.7 Å². The number of aliphatic hydroxyl groups excluding tert-OH is 1. The fourth-order valence-corrected chi connectivity index (χ4v) is 1.55. The maximum Gasteiger partial charge on any atom is 0.252 e. The highest BCUT2D eigenvalue weighted by molar-refractivity contribution is 5.98. The van der Waals surface area contributed by atoms with Gasteiger partial charge in [0.1, 0.15) is 6.61 Å². The van der Waals surface area contributed by atoms with Gasteiger partial charge in [0.05, 0.1) is 12.1 Å². The second-order valence-electron chi connectivity index (χ2n) is 4.41. The van der Waals surface area contributed by atoms with Crippen LogP contribution in [0.2, 0.25) is 0 Å². The van der Waals surface area contributed by atoms with Crippen LogP contribution in [0.4, 0.5) is 0 Å². The minimum atomic E-state index is -0.369. The average molecular weight is 274 g/mol. The Kier molecular flexibility index (Phi) is 6.27. The summed E-state index contributed by atoms with van der Waals surface area (Å²) in [5, 5.41) is 13.9. The van der Waals surface area contributed by atoms with Crippen LogP contribution in [0, 0.1) is 11.8 Å². The summed E-state index contributed by atoms with van der Waals surface area (Å²) in [6.45, 7) is 3.34. The van der Waals surface area contributed by atoms with Crippen LogP contribution in [0.1, 0.15) is 29.8 Å². The van der Waals surface area contributed by atoms with Crippen molar-refractivity contribution in [3.8, 4) is 11.8 Å². The number of rotatable bonds is 4. The first-order chi connectivity index (χ1) is 9.54. The van der Waals surface area contributed by atoms with Gasteiger partial charge < -0.3 is 15.7 Å². The minimum absolute atomic E-state index is 0.0297. The zero-order valence-electron chi connectivity index (χ0n) is 11.6. The Morgan fingerprint density at radius 2 is 2.00 bits per heavy atom. The molecule has 20 heavy (non-hydrogen) atoms. The molecule has 3 N–H and O–H groups in total. The van der Waals surface area contributed by atoms with Crippen LogP contribution in [0.3, 0.4) is 0 Å². The maximum atomic E-state index is 12.0. The van der Waals surface area contributed by atoms with E-state index in [1.807, 2.05) is 13.8 Å². The van der Waals surface area contributed by atoms with Crippen LogP contribution in [0.25, 0.3) is 0 Å². The number of hydrogen-bond donors (Lipinski definition) is 3. The zero-order valence-corrected chi connectivity index (χ0v) is 11.6. The van der Waals surface area contributed by atoms with Crippen LogP contribution in [0.5, 0.6) is 0 Å². The summed E-state index contributed by atoms with van der Waals surface area (Å²) >= 11 is 0. The van der Waals surface area contributed by atoms with Gasteiger partial charge in [-0.25, -0.2) is 0 Å². The Balaban J connectivity index is 2.71. The van der Waals surface area contributed by atoms with E-state index in [0.29, 0.717) is 11.1 Å². The van der Waals surface area contributed by atoms with E-state index in [9.17, 15) is 9.59 Å². The average Bonchev–Trinajstić information content (AvgIpc) is 2.42. The highest BCUT2D eigenvalue weighted by Gasteiger charge is 2.11. The molecule has 0 unspecified atom stereocenters. The van der Waals surface area contributed by atoms with Crippen molar-refractivity contribution in [1.29, 1.82) is 0 Å².